The molecule has 0 aliphatic heterocycles. The Morgan fingerprint density at radius 1 is 1.55 bits per heavy atom. The van der Waals surface area contributed by atoms with Gasteiger partial charge in [0.15, 0.2) is 0 Å². The lowest BCUT2D eigenvalue weighted by Crippen LogP contribution is -2.35. The van der Waals surface area contributed by atoms with Crippen LogP contribution in [-0.2, 0) is 9.53 Å². The van der Waals surface area contributed by atoms with Crippen molar-refractivity contribution in [3.05, 3.63) is 26.9 Å². The molecule has 1 aromatic rings. The topological polar surface area (TPSA) is 38.3 Å². The maximum Gasteiger partial charge on any atom is 0.411 e. The fourth-order valence-corrected chi connectivity index (χ4v) is 2.59. The van der Waals surface area contributed by atoms with Gasteiger partial charge in [0.1, 0.15) is 6.61 Å². The monoisotopic (exact) mass is 371 g/mol. The third-order valence-electron chi connectivity index (χ3n) is 2.02. The molecule has 0 aliphatic carbocycles. The summed E-state index contributed by atoms with van der Waals surface area (Å²) in [5.41, 5.74) is 0. The highest BCUT2D eigenvalue weighted by atomic mass is 79.9. The quantitative estimate of drug-likeness (QED) is 0.775. The second-order valence-electron chi connectivity index (χ2n) is 4.02. The van der Waals surface area contributed by atoms with Crippen molar-refractivity contribution in [2.75, 3.05) is 13.2 Å². The van der Waals surface area contributed by atoms with Crippen LogP contribution in [0.2, 0.25) is 0 Å². The Bertz CT molecular complexity index is 474. The number of nitrogens with one attached hydrogen (secondary N) is 1. The second kappa shape index (κ2) is 7.80. The first-order valence-corrected chi connectivity index (χ1v) is 7.25. The van der Waals surface area contributed by atoms with E-state index in [1.165, 1.54) is 17.4 Å². The van der Waals surface area contributed by atoms with Crippen molar-refractivity contribution >= 4 is 39.2 Å². The molecule has 1 aromatic heterocycles. The van der Waals surface area contributed by atoms with Gasteiger partial charge in [-0.1, -0.05) is 0 Å². The van der Waals surface area contributed by atoms with Crippen LogP contribution in [-0.4, -0.2) is 31.3 Å². The Labute approximate surface area is 126 Å². The zero-order valence-electron chi connectivity index (χ0n) is 10.5. The van der Waals surface area contributed by atoms with Crippen LogP contribution in [0.4, 0.5) is 13.2 Å². The minimum Gasteiger partial charge on any atom is -0.370 e. The molecule has 0 saturated carbocycles. The number of hydrogen-bond donors (Lipinski definition) is 1. The van der Waals surface area contributed by atoms with E-state index in [-0.39, 0.29) is 12.5 Å². The predicted molar refractivity (Wildman–Crippen MR) is 75.5 cm³/mol. The fourth-order valence-electron chi connectivity index (χ4n) is 1.26. The van der Waals surface area contributed by atoms with Crippen LogP contribution in [0, 0.1) is 0 Å². The molecule has 0 aromatic carbocycles. The molecular formula is C12H13BrF3NO2S. The number of halogens is 4. The van der Waals surface area contributed by atoms with E-state index in [4.69, 9.17) is 0 Å². The van der Waals surface area contributed by atoms with E-state index in [0.717, 1.165) is 8.66 Å². The summed E-state index contributed by atoms with van der Waals surface area (Å²) in [6.07, 6.45) is -1.39. The molecule has 1 heterocycles. The van der Waals surface area contributed by atoms with Crippen molar-refractivity contribution < 1.29 is 22.7 Å². The van der Waals surface area contributed by atoms with E-state index in [1.807, 2.05) is 12.1 Å². The summed E-state index contributed by atoms with van der Waals surface area (Å²) in [7, 11) is 0. The third kappa shape index (κ3) is 7.66. The van der Waals surface area contributed by atoms with Crippen molar-refractivity contribution in [2.45, 2.75) is 19.1 Å². The minimum atomic E-state index is -4.35. The molecule has 112 valence electrons. The summed E-state index contributed by atoms with van der Waals surface area (Å²) in [5.74, 6) is -0.377. The molecule has 1 N–H and O–H groups in total. The van der Waals surface area contributed by atoms with Crippen LogP contribution in [0.3, 0.4) is 0 Å². The molecule has 0 saturated heterocycles. The molecule has 1 amide bonds. The van der Waals surface area contributed by atoms with E-state index >= 15 is 0 Å². The second-order valence-corrected chi connectivity index (χ2v) is 6.51. The normalized spacial score (nSPS) is 13.7. The summed E-state index contributed by atoms with van der Waals surface area (Å²) >= 11 is 4.76. The van der Waals surface area contributed by atoms with Gasteiger partial charge in [-0.15, -0.1) is 11.3 Å². The van der Waals surface area contributed by atoms with E-state index in [2.05, 4.69) is 26.0 Å². The lowest BCUT2D eigenvalue weighted by molar-refractivity contribution is -0.175. The molecule has 0 spiro atoms. The third-order valence-corrected chi connectivity index (χ3v) is 3.60. The molecule has 1 rings (SSSR count). The smallest absolute Gasteiger partial charge is 0.370 e. The van der Waals surface area contributed by atoms with E-state index in [1.54, 1.807) is 13.0 Å². The van der Waals surface area contributed by atoms with Crippen LogP contribution in [0.25, 0.3) is 6.08 Å². The summed E-state index contributed by atoms with van der Waals surface area (Å²) in [5, 5.41) is 2.52. The van der Waals surface area contributed by atoms with Gasteiger partial charge in [-0.3, -0.25) is 4.79 Å². The minimum absolute atomic E-state index is 0.191. The Kier molecular flexibility index (Phi) is 6.70. The van der Waals surface area contributed by atoms with Gasteiger partial charge in [-0.25, -0.2) is 0 Å². The molecule has 1 unspecified atom stereocenters. The fraction of sp³-hybridized carbons (Fsp3) is 0.417. The van der Waals surface area contributed by atoms with E-state index in [0.29, 0.717) is 0 Å². The number of ether oxygens (including phenoxy) is 1. The Hall–Kier alpha value is -0.860. The Balaban J connectivity index is 2.29. The SMILES string of the molecule is CC(COCC(F)(F)F)NC(=O)/C=C/c1ccc(Br)s1. The molecule has 3 nitrogen and oxygen atoms in total. The van der Waals surface area contributed by atoms with E-state index in [9.17, 15) is 18.0 Å². The van der Waals surface area contributed by atoms with Crippen LogP contribution < -0.4 is 5.32 Å². The molecule has 20 heavy (non-hydrogen) atoms. The summed E-state index contributed by atoms with van der Waals surface area (Å²) < 4.78 is 41.0. The van der Waals surface area contributed by atoms with Crippen molar-refractivity contribution in [3.63, 3.8) is 0 Å². The lowest BCUT2D eigenvalue weighted by atomic mass is 10.3. The van der Waals surface area contributed by atoms with Crippen LogP contribution >= 0.6 is 27.3 Å². The zero-order valence-corrected chi connectivity index (χ0v) is 12.9. The molecule has 0 radical (unpaired) electrons. The maximum atomic E-state index is 11.9. The van der Waals surface area contributed by atoms with E-state index < -0.39 is 18.8 Å². The maximum absolute atomic E-state index is 11.9. The lowest BCUT2D eigenvalue weighted by Gasteiger charge is -2.13. The molecule has 1 atom stereocenters. The standard InChI is InChI=1S/C12H13BrF3NO2S/c1-8(6-19-7-12(14,15)16)17-11(18)5-3-9-2-4-10(13)20-9/h2-5,8H,6-7H2,1H3,(H,17,18)/b5-3+. The van der Waals surface area contributed by atoms with Gasteiger partial charge in [0.05, 0.1) is 10.4 Å². The molecule has 0 aliphatic rings. The number of carbonyl (C=O) groups excluding carboxylic acids is 1. The number of amides is 1. The first-order chi connectivity index (χ1) is 9.26. The molecule has 0 fully saturated rings. The van der Waals surface area contributed by atoms with Gasteiger partial charge in [-0.05, 0) is 41.1 Å². The van der Waals surface area contributed by atoms with Gasteiger partial charge >= 0.3 is 6.18 Å². The summed E-state index contributed by atoms with van der Waals surface area (Å²) in [6, 6.07) is 3.20. The summed E-state index contributed by atoms with van der Waals surface area (Å²) in [6.45, 7) is 0.0692. The number of alkyl halides is 3. The predicted octanol–water partition coefficient (Wildman–Crippen LogP) is 3.61. The van der Waals surface area contributed by atoms with Gasteiger partial charge in [0, 0.05) is 17.0 Å². The van der Waals surface area contributed by atoms with Gasteiger partial charge in [-0.2, -0.15) is 13.2 Å². The average Bonchev–Trinajstić information content (AvgIpc) is 2.70. The van der Waals surface area contributed by atoms with Crippen molar-refractivity contribution in [2.24, 2.45) is 0 Å². The molecule has 0 bridgehead atoms. The number of rotatable bonds is 6. The van der Waals surface area contributed by atoms with Gasteiger partial charge < -0.3 is 10.1 Å². The Morgan fingerprint density at radius 2 is 2.25 bits per heavy atom. The average molecular weight is 372 g/mol. The highest BCUT2D eigenvalue weighted by Gasteiger charge is 2.27. The first-order valence-electron chi connectivity index (χ1n) is 5.64. The molecule has 8 heteroatoms. The van der Waals surface area contributed by atoms with Crippen molar-refractivity contribution in [3.8, 4) is 0 Å². The van der Waals surface area contributed by atoms with Crippen molar-refractivity contribution in [1.29, 1.82) is 0 Å². The van der Waals surface area contributed by atoms with Crippen LogP contribution in [0.15, 0.2) is 22.0 Å². The zero-order chi connectivity index (χ0) is 15.2. The number of thiophene rings is 1. The van der Waals surface area contributed by atoms with Crippen LogP contribution in [0.5, 0.6) is 0 Å². The number of carbonyl (C=O) groups is 1. The highest BCUT2D eigenvalue weighted by Crippen LogP contribution is 2.22. The Morgan fingerprint density at radius 3 is 2.80 bits per heavy atom. The molecular weight excluding hydrogens is 359 g/mol. The highest BCUT2D eigenvalue weighted by molar-refractivity contribution is 9.11. The van der Waals surface area contributed by atoms with Crippen molar-refractivity contribution in [1.82, 2.24) is 5.32 Å². The van der Waals surface area contributed by atoms with Gasteiger partial charge in [0.25, 0.3) is 0 Å². The number of hydrogen-bond acceptors (Lipinski definition) is 3. The van der Waals surface area contributed by atoms with Gasteiger partial charge in [0.2, 0.25) is 5.91 Å². The summed E-state index contributed by atoms with van der Waals surface area (Å²) in [4.78, 5) is 12.4. The van der Waals surface area contributed by atoms with Crippen LogP contribution in [0.1, 0.15) is 11.8 Å². The largest absolute Gasteiger partial charge is 0.411 e. The first kappa shape index (κ1) is 17.2.